The molecule has 252 valence electrons. The fraction of sp³-hybridized carbons (Fsp3) is 0.205. The second-order valence-corrected chi connectivity index (χ2v) is 16.1. The number of anilines is 1. The van der Waals surface area contributed by atoms with E-state index >= 15 is 0 Å². The first-order chi connectivity index (χ1) is 23.1. The molecule has 4 aromatic rings. The molecule has 0 amide bonds. The summed E-state index contributed by atoms with van der Waals surface area (Å²) in [6.07, 6.45) is 8.88. The highest BCUT2D eigenvalue weighted by atomic mass is 32.2. The molecule has 0 aromatic heterocycles. The van der Waals surface area contributed by atoms with Gasteiger partial charge in [-0.3, -0.25) is 0 Å². The van der Waals surface area contributed by atoms with Gasteiger partial charge in [-0.25, -0.2) is 16.8 Å². The summed E-state index contributed by atoms with van der Waals surface area (Å²) in [7, 11) is -9.25. The standard InChI is InChI=1S/C39H38N2O6S2/c1-38(2)32-22-20-30(28-14-8-5-9-15-28)24-34(32)40(26-48(42,43)44)36(38)18-12-7-13-19-37-39(3,4)33-23-21-31(29-16-10-6-11-17-29)25-35(33)41(37)27-49(45,46)47/h5-25H,26-27H2,1-4H3,(H-,42,43,44,45,46,47)/p-1. The zero-order valence-electron chi connectivity index (χ0n) is 27.7. The summed E-state index contributed by atoms with van der Waals surface area (Å²) < 4.78 is 74.1. The Balaban J connectivity index is 1.36. The van der Waals surface area contributed by atoms with Gasteiger partial charge in [-0.05, 0) is 53.8 Å². The van der Waals surface area contributed by atoms with Crippen LogP contribution < -0.4 is 4.90 Å². The van der Waals surface area contributed by atoms with Crippen LogP contribution in [0.2, 0.25) is 0 Å². The van der Waals surface area contributed by atoms with Crippen LogP contribution in [0, 0.1) is 0 Å². The number of fused-ring (bicyclic) bond motifs is 2. The molecular formula is C39H37N2O6S2-. The number of rotatable bonds is 9. The second-order valence-electron chi connectivity index (χ2n) is 13.4. The van der Waals surface area contributed by atoms with Crippen LogP contribution in [-0.2, 0) is 31.1 Å². The van der Waals surface area contributed by atoms with Gasteiger partial charge in [-0.2, -0.15) is 4.58 Å². The van der Waals surface area contributed by atoms with Crippen molar-refractivity contribution in [1.82, 2.24) is 0 Å². The average molecular weight is 694 g/mol. The van der Waals surface area contributed by atoms with Crippen molar-refractivity contribution in [2.45, 2.75) is 38.5 Å². The lowest BCUT2D eigenvalue weighted by atomic mass is 9.81. The van der Waals surface area contributed by atoms with E-state index in [1.165, 1.54) is 0 Å². The molecule has 2 aliphatic heterocycles. The molecule has 0 unspecified atom stereocenters. The minimum absolute atomic E-state index is 0.608. The molecule has 4 aromatic carbocycles. The molecule has 2 heterocycles. The summed E-state index contributed by atoms with van der Waals surface area (Å²) in [5, 5.41) is 0. The van der Waals surface area contributed by atoms with Gasteiger partial charge in [0.2, 0.25) is 11.6 Å². The highest BCUT2D eigenvalue weighted by molar-refractivity contribution is 7.85. The summed E-state index contributed by atoms with van der Waals surface area (Å²) in [5.74, 6) is -1.43. The predicted molar refractivity (Wildman–Crippen MR) is 193 cm³/mol. The Labute approximate surface area is 288 Å². The molecule has 0 bridgehead atoms. The number of nitrogens with zero attached hydrogens (tertiary/aromatic N) is 2. The number of benzene rings is 4. The Kier molecular flexibility index (Phi) is 8.87. The van der Waals surface area contributed by atoms with E-state index in [1.54, 1.807) is 39.9 Å². The van der Waals surface area contributed by atoms with Gasteiger partial charge >= 0.3 is 0 Å². The van der Waals surface area contributed by atoms with Gasteiger partial charge in [0.1, 0.15) is 16.0 Å². The highest BCUT2D eigenvalue weighted by Gasteiger charge is 2.45. The molecule has 10 heteroatoms. The molecule has 0 atom stereocenters. The van der Waals surface area contributed by atoms with Gasteiger partial charge in [0.15, 0.2) is 15.8 Å². The summed E-state index contributed by atoms with van der Waals surface area (Å²) in [4.78, 5) is 1.56. The zero-order valence-corrected chi connectivity index (χ0v) is 29.3. The Morgan fingerprint density at radius 1 is 0.653 bits per heavy atom. The van der Waals surface area contributed by atoms with Gasteiger partial charge in [-0.15, -0.1) is 0 Å². The van der Waals surface area contributed by atoms with Crippen molar-refractivity contribution in [2.75, 3.05) is 16.7 Å². The quantitative estimate of drug-likeness (QED) is 0.103. The summed E-state index contributed by atoms with van der Waals surface area (Å²) in [6, 6.07) is 31.2. The molecule has 0 aliphatic carbocycles. The first kappa shape index (κ1) is 34.3. The number of hydrogen-bond acceptors (Lipinski definition) is 7. The van der Waals surface area contributed by atoms with E-state index in [9.17, 15) is 25.9 Å². The molecule has 0 N–H and O–H groups in total. The molecule has 0 saturated carbocycles. The van der Waals surface area contributed by atoms with Crippen LogP contribution in [0.1, 0.15) is 38.8 Å². The Morgan fingerprint density at radius 3 is 1.80 bits per heavy atom. The van der Waals surface area contributed by atoms with Gasteiger partial charge in [0.25, 0.3) is 0 Å². The maximum Gasteiger partial charge on any atom is 0.237 e. The molecule has 2 aliphatic rings. The van der Waals surface area contributed by atoms with Crippen molar-refractivity contribution in [3.05, 3.63) is 144 Å². The fourth-order valence-corrected chi connectivity index (χ4v) is 8.13. The number of hydrogen-bond donors (Lipinski definition) is 0. The zero-order chi connectivity index (χ0) is 35.2. The van der Waals surface area contributed by atoms with Crippen molar-refractivity contribution in [2.24, 2.45) is 0 Å². The summed E-state index contributed by atoms with van der Waals surface area (Å²) in [6.45, 7) is 7.94. The molecule has 0 radical (unpaired) electrons. The van der Waals surface area contributed by atoms with Crippen LogP contribution in [0.5, 0.6) is 0 Å². The lowest BCUT2D eigenvalue weighted by Crippen LogP contribution is -2.30. The van der Waals surface area contributed by atoms with Crippen LogP contribution in [0.4, 0.5) is 11.4 Å². The van der Waals surface area contributed by atoms with E-state index in [0.29, 0.717) is 22.8 Å². The van der Waals surface area contributed by atoms with Gasteiger partial charge in [0, 0.05) is 34.5 Å². The van der Waals surface area contributed by atoms with Crippen molar-refractivity contribution >= 4 is 37.3 Å². The lowest BCUT2D eigenvalue weighted by Gasteiger charge is -2.27. The summed E-state index contributed by atoms with van der Waals surface area (Å²) in [5.41, 5.74) is 6.94. The predicted octanol–water partition coefficient (Wildman–Crippen LogP) is 7.20. The third kappa shape index (κ3) is 6.95. The third-order valence-corrected chi connectivity index (χ3v) is 10.5. The third-order valence-electron chi connectivity index (χ3n) is 9.31. The average Bonchev–Trinajstić information content (AvgIpc) is 3.37. The topological polar surface area (TPSA) is 121 Å². The van der Waals surface area contributed by atoms with Crippen LogP contribution >= 0.6 is 0 Å². The fourth-order valence-electron chi connectivity index (χ4n) is 6.95. The first-order valence-corrected chi connectivity index (χ1v) is 19.0. The molecule has 0 fully saturated rings. The monoisotopic (exact) mass is 693 g/mol. The van der Waals surface area contributed by atoms with E-state index < -0.39 is 42.8 Å². The maximum absolute atomic E-state index is 12.1. The van der Waals surface area contributed by atoms with Crippen molar-refractivity contribution in [3.8, 4) is 22.3 Å². The lowest BCUT2D eigenvalue weighted by molar-refractivity contribution is -0.416. The van der Waals surface area contributed by atoms with Crippen LogP contribution in [0.15, 0.2) is 133 Å². The highest BCUT2D eigenvalue weighted by Crippen LogP contribution is 2.49. The molecule has 0 saturated heterocycles. The molecule has 8 nitrogen and oxygen atoms in total. The minimum atomic E-state index is -4.62. The van der Waals surface area contributed by atoms with Gasteiger partial charge in [0.05, 0.1) is 5.41 Å². The van der Waals surface area contributed by atoms with Crippen LogP contribution in [0.3, 0.4) is 0 Å². The maximum atomic E-state index is 12.1. The van der Waals surface area contributed by atoms with E-state index in [-0.39, 0.29) is 0 Å². The van der Waals surface area contributed by atoms with Crippen LogP contribution in [-0.4, -0.2) is 48.0 Å². The largest absolute Gasteiger partial charge is 0.747 e. The molecule has 0 spiro atoms. The van der Waals surface area contributed by atoms with Crippen molar-refractivity contribution in [3.63, 3.8) is 0 Å². The van der Waals surface area contributed by atoms with E-state index in [2.05, 4.69) is 0 Å². The van der Waals surface area contributed by atoms with Crippen LogP contribution in [0.25, 0.3) is 22.3 Å². The minimum Gasteiger partial charge on any atom is -0.747 e. The van der Waals surface area contributed by atoms with E-state index in [0.717, 1.165) is 33.4 Å². The van der Waals surface area contributed by atoms with E-state index in [1.807, 2.05) is 125 Å². The SMILES string of the molecule is CC1(C)C(=CC=CC=CC2=[N+](CS(=O)(=O)[O-])c3cc(-c4ccccc4)ccc3C2(C)C)N(CS(=O)(=O)[O-])c2cc(-c3ccccc3)ccc21. The van der Waals surface area contributed by atoms with Gasteiger partial charge < -0.3 is 14.0 Å². The molecule has 49 heavy (non-hydrogen) atoms. The van der Waals surface area contributed by atoms with Crippen molar-refractivity contribution < 1.29 is 30.5 Å². The first-order valence-electron chi connectivity index (χ1n) is 15.8. The molecule has 6 rings (SSSR count). The van der Waals surface area contributed by atoms with E-state index in [4.69, 9.17) is 0 Å². The Bertz CT molecular complexity index is 2270. The number of allylic oxidation sites excluding steroid dienone is 6. The molecular weight excluding hydrogens is 657 g/mol. The van der Waals surface area contributed by atoms with Crippen molar-refractivity contribution in [1.29, 1.82) is 0 Å². The van der Waals surface area contributed by atoms with Gasteiger partial charge in [-0.1, -0.05) is 117 Å². The normalized spacial score (nSPS) is 17.8. The second kappa shape index (κ2) is 12.7. The smallest absolute Gasteiger partial charge is 0.237 e. The Hall–Kier alpha value is -4.61. The Morgan fingerprint density at radius 2 is 1.22 bits per heavy atom. The summed E-state index contributed by atoms with van der Waals surface area (Å²) >= 11 is 0.